The van der Waals surface area contributed by atoms with Crippen LogP contribution in [0, 0.1) is 18.6 Å². The van der Waals surface area contributed by atoms with Crippen LogP contribution in [0.2, 0.25) is 0 Å². The Kier molecular flexibility index (Phi) is 7.39. The first kappa shape index (κ1) is 21.4. The van der Waals surface area contributed by atoms with Gasteiger partial charge >= 0.3 is 22.1 Å². The maximum absolute atomic E-state index is 13.9. The average Bonchev–Trinajstić information content (AvgIpc) is 2.48. The van der Waals surface area contributed by atoms with E-state index in [0.717, 1.165) is 6.07 Å². The maximum atomic E-state index is 13.9. The van der Waals surface area contributed by atoms with Crippen molar-refractivity contribution in [1.29, 1.82) is 0 Å². The van der Waals surface area contributed by atoms with E-state index in [2.05, 4.69) is 4.18 Å². The van der Waals surface area contributed by atoms with Crippen molar-refractivity contribution in [2.24, 2.45) is 0 Å². The third-order valence-corrected chi connectivity index (χ3v) is 4.42. The van der Waals surface area contributed by atoms with E-state index >= 15 is 0 Å². The lowest BCUT2D eigenvalue weighted by molar-refractivity contribution is -0.240. The fraction of sp³-hybridized carbons (Fsp3) is 0.533. The molecule has 142 valence electrons. The van der Waals surface area contributed by atoms with Gasteiger partial charge in [0.1, 0.15) is 4.90 Å². The van der Waals surface area contributed by atoms with Gasteiger partial charge in [0.05, 0.1) is 6.61 Å². The van der Waals surface area contributed by atoms with Gasteiger partial charge in [-0.05, 0) is 31.4 Å². The number of rotatable bonds is 9. The van der Waals surface area contributed by atoms with E-state index in [0.29, 0.717) is 12.5 Å². The first-order valence-electron chi connectivity index (χ1n) is 7.47. The number of benzene rings is 1. The summed E-state index contributed by atoms with van der Waals surface area (Å²) in [5.74, 6) is -3.67. The number of esters is 1. The monoisotopic (exact) mass is 384 g/mol. The molecule has 0 fully saturated rings. The number of hydrogen-bond acceptors (Lipinski definition) is 6. The van der Waals surface area contributed by atoms with E-state index < -0.39 is 45.1 Å². The normalized spacial score (nSPS) is 14.2. The van der Waals surface area contributed by atoms with Crippen LogP contribution in [0.4, 0.5) is 13.2 Å². The molecule has 1 aromatic carbocycles. The first-order valence-corrected chi connectivity index (χ1v) is 8.88. The van der Waals surface area contributed by atoms with E-state index in [1.807, 2.05) is 0 Å². The Morgan fingerprint density at radius 1 is 1.28 bits per heavy atom. The van der Waals surface area contributed by atoms with E-state index in [4.69, 9.17) is 4.74 Å². The second kappa shape index (κ2) is 8.63. The lowest BCUT2D eigenvalue weighted by Crippen LogP contribution is -2.31. The van der Waals surface area contributed by atoms with Crippen molar-refractivity contribution in [3.63, 3.8) is 0 Å². The Morgan fingerprint density at radius 3 is 2.52 bits per heavy atom. The molecule has 1 rings (SSSR count). The molecule has 0 spiro atoms. The molecule has 0 aliphatic rings. The van der Waals surface area contributed by atoms with Gasteiger partial charge < -0.3 is 9.84 Å². The smallest absolute Gasteiger partial charge is 0.332 e. The summed E-state index contributed by atoms with van der Waals surface area (Å²) in [5, 5.41) is 9.37. The highest BCUT2D eigenvalue weighted by Crippen LogP contribution is 2.27. The summed E-state index contributed by atoms with van der Waals surface area (Å²) in [5.41, 5.74) is -0.152. The second-order valence-corrected chi connectivity index (χ2v) is 6.82. The van der Waals surface area contributed by atoms with Crippen LogP contribution >= 0.6 is 0 Å². The second-order valence-electron chi connectivity index (χ2n) is 5.31. The predicted molar refractivity (Wildman–Crippen MR) is 80.5 cm³/mol. The van der Waals surface area contributed by atoms with Crippen LogP contribution in [0.3, 0.4) is 0 Å². The van der Waals surface area contributed by atoms with E-state index in [1.165, 1.54) is 6.92 Å². The standard InChI is InChI=1S/C15H19F3O6S/c1-3-5-12(19)23-9-4-8-15(18,20)24-25(21,22)11-7-6-10(2)13(16)14(11)17/h6-7,20H,3-5,8-9H2,1-2H3/t15-/m1/s1. The molecule has 0 bridgehead atoms. The molecule has 10 heteroatoms. The number of aliphatic hydroxyl groups is 1. The van der Waals surface area contributed by atoms with Crippen molar-refractivity contribution >= 4 is 16.1 Å². The van der Waals surface area contributed by atoms with Crippen LogP contribution in [-0.2, 0) is 23.8 Å². The molecule has 0 aliphatic carbocycles. The summed E-state index contributed by atoms with van der Waals surface area (Å²) < 4.78 is 73.4. The number of carbonyl (C=O) groups is 1. The van der Waals surface area contributed by atoms with Gasteiger partial charge in [-0.1, -0.05) is 13.0 Å². The quantitative estimate of drug-likeness (QED) is 0.305. The summed E-state index contributed by atoms with van der Waals surface area (Å²) in [6.45, 7) is 2.70. The summed E-state index contributed by atoms with van der Waals surface area (Å²) >= 11 is 0. The SMILES string of the molecule is CCCC(=O)OCCC[C@](O)(F)OS(=O)(=O)c1ccc(C)c(F)c1F. The minimum atomic E-state index is -5.10. The van der Waals surface area contributed by atoms with Crippen LogP contribution in [0.25, 0.3) is 0 Å². The molecular formula is C15H19F3O6S. The van der Waals surface area contributed by atoms with Crippen molar-refractivity contribution in [2.75, 3.05) is 6.61 Å². The molecule has 0 saturated heterocycles. The molecule has 0 saturated carbocycles. The summed E-state index contributed by atoms with van der Waals surface area (Å²) in [6, 6.07) is -1.99. The van der Waals surface area contributed by atoms with Gasteiger partial charge in [-0.3, -0.25) is 4.79 Å². The number of aryl methyl sites for hydroxylation is 1. The highest BCUT2D eigenvalue weighted by molar-refractivity contribution is 7.86. The molecule has 1 N–H and O–H groups in total. The van der Waals surface area contributed by atoms with Crippen LogP contribution in [0.1, 0.15) is 38.2 Å². The Morgan fingerprint density at radius 2 is 1.92 bits per heavy atom. The van der Waals surface area contributed by atoms with E-state index in [-0.39, 0.29) is 25.0 Å². The molecule has 0 aromatic heterocycles. The highest BCUT2D eigenvalue weighted by Gasteiger charge is 2.36. The Balaban J connectivity index is 2.72. The van der Waals surface area contributed by atoms with Gasteiger partial charge in [0.2, 0.25) is 0 Å². The molecule has 1 aromatic rings. The fourth-order valence-electron chi connectivity index (χ4n) is 1.83. The average molecular weight is 384 g/mol. The fourth-order valence-corrected chi connectivity index (χ4v) is 2.88. The van der Waals surface area contributed by atoms with Gasteiger partial charge in [0.15, 0.2) is 11.6 Å². The topological polar surface area (TPSA) is 89.9 Å². The van der Waals surface area contributed by atoms with Crippen molar-refractivity contribution in [1.82, 2.24) is 0 Å². The summed E-state index contributed by atoms with van der Waals surface area (Å²) in [4.78, 5) is 9.86. The van der Waals surface area contributed by atoms with Crippen molar-refractivity contribution in [3.8, 4) is 0 Å². The van der Waals surface area contributed by atoms with Crippen LogP contribution in [-0.4, -0.2) is 32.1 Å². The van der Waals surface area contributed by atoms with Crippen LogP contribution < -0.4 is 0 Å². The predicted octanol–water partition coefficient (Wildman–Crippen LogP) is 2.72. The third-order valence-electron chi connectivity index (χ3n) is 3.09. The van der Waals surface area contributed by atoms with Gasteiger partial charge in [-0.15, -0.1) is 0 Å². The maximum Gasteiger partial charge on any atom is 0.332 e. The van der Waals surface area contributed by atoms with Crippen molar-refractivity contribution in [3.05, 3.63) is 29.3 Å². The lowest BCUT2D eigenvalue weighted by atomic mass is 10.2. The molecule has 0 radical (unpaired) electrons. The molecule has 0 aliphatic heterocycles. The van der Waals surface area contributed by atoms with Crippen molar-refractivity contribution in [2.45, 2.75) is 50.5 Å². The van der Waals surface area contributed by atoms with Gasteiger partial charge in [0, 0.05) is 12.8 Å². The Labute approximate surface area is 143 Å². The number of alkyl halides is 1. The number of hydrogen-bond donors (Lipinski definition) is 1. The van der Waals surface area contributed by atoms with Gasteiger partial charge in [0.25, 0.3) is 0 Å². The van der Waals surface area contributed by atoms with Gasteiger partial charge in [-0.25, -0.2) is 13.0 Å². The molecule has 25 heavy (non-hydrogen) atoms. The van der Waals surface area contributed by atoms with Gasteiger partial charge in [-0.2, -0.15) is 12.8 Å². The molecule has 0 amide bonds. The largest absolute Gasteiger partial charge is 0.466 e. The molecule has 1 atom stereocenters. The molecule has 0 unspecified atom stereocenters. The minimum absolute atomic E-state index is 0.152. The molecular weight excluding hydrogens is 365 g/mol. The van der Waals surface area contributed by atoms with Crippen LogP contribution in [0.15, 0.2) is 17.0 Å². The van der Waals surface area contributed by atoms with E-state index in [9.17, 15) is 31.5 Å². The van der Waals surface area contributed by atoms with E-state index in [1.54, 1.807) is 6.92 Å². The first-order chi connectivity index (χ1) is 11.5. The number of halogens is 3. The van der Waals surface area contributed by atoms with Crippen LogP contribution in [0.5, 0.6) is 0 Å². The third kappa shape index (κ3) is 6.29. The summed E-state index contributed by atoms with van der Waals surface area (Å²) in [6.07, 6.45) is -0.376. The highest BCUT2D eigenvalue weighted by atomic mass is 32.2. The molecule has 6 nitrogen and oxygen atoms in total. The number of ether oxygens (including phenoxy) is 1. The Bertz CT molecular complexity index is 718. The summed E-state index contributed by atoms with van der Waals surface area (Å²) in [7, 11) is -5.10. The number of carbonyl (C=O) groups excluding carboxylic acids is 1. The van der Waals surface area contributed by atoms with Crippen molar-refractivity contribution < 1.29 is 40.4 Å². The minimum Gasteiger partial charge on any atom is -0.466 e. The Hall–Kier alpha value is -1.65. The zero-order valence-electron chi connectivity index (χ0n) is 13.7. The zero-order valence-corrected chi connectivity index (χ0v) is 14.5. The lowest BCUT2D eigenvalue weighted by Gasteiger charge is -2.19. The zero-order chi connectivity index (χ0) is 19.3. The molecule has 0 heterocycles.